The monoisotopic (exact) mass is 266 g/mol. The number of hydrogen-bond acceptors (Lipinski definition) is 2. The third-order valence-corrected chi connectivity index (χ3v) is 3.98. The Bertz CT molecular complexity index is 611. The number of anilines is 2. The molecule has 0 spiro atoms. The summed E-state index contributed by atoms with van der Waals surface area (Å²) < 4.78 is 0. The van der Waals surface area contributed by atoms with Gasteiger partial charge in [0.2, 0.25) is 0 Å². The number of fused-ring (bicyclic) bond motifs is 1. The minimum atomic E-state index is 0.857. The highest BCUT2D eigenvalue weighted by Gasteiger charge is 2.17. The van der Waals surface area contributed by atoms with Gasteiger partial charge in [0, 0.05) is 24.5 Å². The fraction of sp³-hybridized carbons (Fsp3) is 0.333. The Balaban J connectivity index is 1.91. The van der Waals surface area contributed by atoms with E-state index in [1.54, 1.807) is 0 Å². The molecule has 0 aliphatic carbocycles. The number of benzene rings is 2. The molecule has 0 fully saturated rings. The molecule has 2 aromatic carbocycles. The molecule has 0 bridgehead atoms. The van der Waals surface area contributed by atoms with Crippen LogP contribution in [-0.2, 0) is 13.0 Å². The third kappa shape index (κ3) is 2.64. The molecule has 0 saturated carbocycles. The third-order valence-electron chi connectivity index (χ3n) is 3.98. The number of hydrogen-bond donors (Lipinski definition) is 1. The van der Waals surface area contributed by atoms with Crippen molar-refractivity contribution in [2.75, 3.05) is 17.2 Å². The van der Waals surface area contributed by atoms with Gasteiger partial charge in [-0.3, -0.25) is 0 Å². The van der Waals surface area contributed by atoms with Crippen LogP contribution in [-0.4, -0.2) is 6.54 Å². The van der Waals surface area contributed by atoms with Crippen LogP contribution in [0, 0.1) is 13.8 Å². The summed E-state index contributed by atoms with van der Waals surface area (Å²) in [6.07, 6.45) is 2.39. The topological polar surface area (TPSA) is 29.3 Å². The maximum Gasteiger partial charge on any atom is 0.0429 e. The van der Waals surface area contributed by atoms with Crippen molar-refractivity contribution in [2.45, 2.75) is 33.2 Å². The quantitative estimate of drug-likeness (QED) is 0.837. The van der Waals surface area contributed by atoms with Crippen LogP contribution < -0.4 is 10.6 Å². The Labute approximate surface area is 121 Å². The van der Waals surface area contributed by atoms with Gasteiger partial charge in [-0.25, -0.2) is 0 Å². The van der Waals surface area contributed by atoms with Gasteiger partial charge in [-0.2, -0.15) is 0 Å². The average Bonchev–Trinajstić information content (AvgIpc) is 2.38. The summed E-state index contributed by atoms with van der Waals surface area (Å²) in [4.78, 5) is 2.46. The molecule has 1 aliphatic heterocycles. The highest BCUT2D eigenvalue weighted by atomic mass is 15.1. The summed E-state index contributed by atoms with van der Waals surface area (Å²) in [5.74, 6) is 0. The number of aryl methyl sites for hydroxylation is 3. The molecule has 2 N–H and O–H groups in total. The van der Waals surface area contributed by atoms with Gasteiger partial charge >= 0.3 is 0 Å². The normalized spacial score (nSPS) is 14.2. The molecule has 2 nitrogen and oxygen atoms in total. The molecule has 0 radical (unpaired) electrons. The zero-order chi connectivity index (χ0) is 14.1. The van der Waals surface area contributed by atoms with Crippen molar-refractivity contribution in [3.63, 3.8) is 0 Å². The molecule has 3 rings (SSSR count). The molecule has 20 heavy (non-hydrogen) atoms. The van der Waals surface area contributed by atoms with Crippen LogP contribution in [0.15, 0.2) is 36.4 Å². The maximum atomic E-state index is 5.96. The van der Waals surface area contributed by atoms with Crippen molar-refractivity contribution in [2.24, 2.45) is 0 Å². The van der Waals surface area contributed by atoms with Crippen LogP contribution in [0.2, 0.25) is 0 Å². The van der Waals surface area contributed by atoms with Gasteiger partial charge in [-0.05, 0) is 49.9 Å². The van der Waals surface area contributed by atoms with E-state index in [1.165, 1.54) is 40.8 Å². The van der Waals surface area contributed by atoms with Crippen molar-refractivity contribution in [3.8, 4) is 0 Å². The van der Waals surface area contributed by atoms with Crippen molar-refractivity contribution in [1.29, 1.82) is 0 Å². The fourth-order valence-electron chi connectivity index (χ4n) is 3.21. The van der Waals surface area contributed by atoms with Crippen LogP contribution in [0.5, 0.6) is 0 Å². The molecule has 0 saturated heterocycles. The molecule has 0 atom stereocenters. The van der Waals surface area contributed by atoms with E-state index in [9.17, 15) is 0 Å². The molecule has 1 aliphatic rings. The van der Waals surface area contributed by atoms with Crippen LogP contribution in [0.1, 0.15) is 28.7 Å². The molecule has 0 amide bonds. The van der Waals surface area contributed by atoms with Gasteiger partial charge in [0.1, 0.15) is 0 Å². The first-order valence-electron chi connectivity index (χ1n) is 7.32. The number of nitrogen functional groups attached to an aromatic ring is 1. The van der Waals surface area contributed by atoms with Crippen LogP contribution in [0.25, 0.3) is 0 Å². The van der Waals surface area contributed by atoms with Gasteiger partial charge in [0.05, 0.1) is 0 Å². The van der Waals surface area contributed by atoms with E-state index < -0.39 is 0 Å². The summed E-state index contributed by atoms with van der Waals surface area (Å²) in [7, 11) is 0. The first kappa shape index (κ1) is 13.0. The fourth-order valence-corrected chi connectivity index (χ4v) is 3.21. The lowest BCUT2D eigenvalue weighted by Crippen LogP contribution is -2.29. The molecule has 2 heteroatoms. The Morgan fingerprint density at radius 1 is 1.05 bits per heavy atom. The molecule has 0 aromatic heterocycles. The Kier molecular flexibility index (Phi) is 3.39. The van der Waals surface area contributed by atoms with Gasteiger partial charge in [-0.15, -0.1) is 0 Å². The lowest BCUT2D eigenvalue weighted by Gasteiger charge is -2.32. The summed E-state index contributed by atoms with van der Waals surface area (Å²) in [5, 5.41) is 0. The predicted octanol–water partition coefficient (Wildman–Crippen LogP) is 3.84. The van der Waals surface area contributed by atoms with Gasteiger partial charge in [0.25, 0.3) is 0 Å². The predicted molar refractivity (Wildman–Crippen MR) is 86.1 cm³/mol. The summed E-state index contributed by atoms with van der Waals surface area (Å²) >= 11 is 0. The van der Waals surface area contributed by atoms with Crippen molar-refractivity contribution in [3.05, 3.63) is 58.7 Å². The summed E-state index contributed by atoms with van der Waals surface area (Å²) in [6.45, 7) is 6.42. The maximum absolute atomic E-state index is 5.96. The Morgan fingerprint density at radius 2 is 1.80 bits per heavy atom. The summed E-state index contributed by atoms with van der Waals surface area (Å²) in [6, 6.07) is 13.1. The highest BCUT2D eigenvalue weighted by molar-refractivity contribution is 5.62. The standard InChI is InChI=1S/C18H22N2/c1-13-8-14(2)10-15(9-13)12-20-7-3-4-16-5-6-17(19)11-18(16)20/h5-6,8-11H,3-4,7,12,19H2,1-2H3. The highest BCUT2D eigenvalue weighted by Crippen LogP contribution is 2.30. The van der Waals surface area contributed by atoms with E-state index in [-0.39, 0.29) is 0 Å². The van der Waals surface area contributed by atoms with Crippen molar-refractivity contribution < 1.29 is 0 Å². The summed E-state index contributed by atoms with van der Waals surface area (Å²) in [5.41, 5.74) is 13.6. The second kappa shape index (κ2) is 5.20. The second-order valence-electron chi connectivity index (χ2n) is 5.91. The second-order valence-corrected chi connectivity index (χ2v) is 5.91. The molecular weight excluding hydrogens is 244 g/mol. The number of nitrogens with two attached hydrogens (primary N) is 1. The Hall–Kier alpha value is -1.96. The van der Waals surface area contributed by atoms with Gasteiger partial charge in [-0.1, -0.05) is 35.4 Å². The molecule has 1 heterocycles. The molecule has 2 aromatic rings. The average molecular weight is 266 g/mol. The SMILES string of the molecule is Cc1cc(C)cc(CN2CCCc3ccc(N)cc32)c1. The molecule has 104 valence electrons. The lowest BCUT2D eigenvalue weighted by molar-refractivity contribution is 0.691. The smallest absolute Gasteiger partial charge is 0.0429 e. The van der Waals surface area contributed by atoms with E-state index in [0.717, 1.165) is 18.8 Å². The molecule has 0 unspecified atom stereocenters. The number of nitrogens with zero attached hydrogens (tertiary/aromatic N) is 1. The first-order chi connectivity index (χ1) is 9.61. The van der Waals surface area contributed by atoms with E-state index in [4.69, 9.17) is 5.73 Å². The van der Waals surface area contributed by atoms with E-state index in [0.29, 0.717) is 0 Å². The zero-order valence-corrected chi connectivity index (χ0v) is 12.3. The van der Waals surface area contributed by atoms with Crippen molar-refractivity contribution >= 4 is 11.4 Å². The van der Waals surface area contributed by atoms with E-state index in [2.05, 4.69) is 49.1 Å². The van der Waals surface area contributed by atoms with E-state index in [1.807, 2.05) is 6.07 Å². The minimum absolute atomic E-state index is 0.857. The largest absolute Gasteiger partial charge is 0.399 e. The van der Waals surface area contributed by atoms with E-state index >= 15 is 0 Å². The van der Waals surface area contributed by atoms with Gasteiger partial charge < -0.3 is 10.6 Å². The molecular formula is C18H22N2. The van der Waals surface area contributed by atoms with Gasteiger partial charge in [0.15, 0.2) is 0 Å². The Morgan fingerprint density at radius 3 is 2.55 bits per heavy atom. The number of rotatable bonds is 2. The van der Waals surface area contributed by atoms with Crippen molar-refractivity contribution in [1.82, 2.24) is 0 Å². The first-order valence-corrected chi connectivity index (χ1v) is 7.32. The van der Waals surface area contributed by atoms with Crippen LogP contribution in [0.3, 0.4) is 0 Å². The van der Waals surface area contributed by atoms with Crippen LogP contribution >= 0.6 is 0 Å². The van der Waals surface area contributed by atoms with Crippen LogP contribution in [0.4, 0.5) is 11.4 Å². The minimum Gasteiger partial charge on any atom is -0.399 e. The zero-order valence-electron chi connectivity index (χ0n) is 12.3. The lowest BCUT2D eigenvalue weighted by atomic mass is 10.00.